The third-order valence-corrected chi connectivity index (χ3v) is 3.00. The van der Waals surface area contributed by atoms with E-state index in [1.807, 2.05) is 6.07 Å². The van der Waals surface area contributed by atoms with Crippen molar-refractivity contribution in [3.05, 3.63) is 29.6 Å². The third-order valence-electron chi connectivity index (χ3n) is 3.00. The molecule has 1 N–H and O–H groups in total. The fourth-order valence-corrected chi connectivity index (χ4v) is 1.98. The van der Waals surface area contributed by atoms with Crippen molar-refractivity contribution in [2.45, 2.75) is 13.0 Å². The van der Waals surface area contributed by atoms with Crippen LogP contribution < -0.4 is 10.1 Å². The average Bonchev–Trinajstić information content (AvgIpc) is 2.82. The van der Waals surface area contributed by atoms with Gasteiger partial charge in [0.2, 0.25) is 0 Å². The smallest absolute Gasteiger partial charge is 0.165 e. The number of hydrogen-bond donors (Lipinski definition) is 1. The van der Waals surface area contributed by atoms with Gasteiger partial charge in [-0.25, -0.2) is 4.39 Å². The summed E-state index contributed by atoms with van der Waals surface area (Å²) in [7, 11) is 1.47. The van der Waals surface area contributed by atoms with Gasteiger partial charge in [-0.1, -0.05) is 6.07 Å². The Bertz CT molecular complexity index is 364. The molecule has 1 saturated heterocycles. The molecular formula is C13H18FNO2. The van der Waals surface area contributed by atoms with E-state index in [2.05, 4.69) is 5.32 Å². The summed E-state index contributed by atoms with van der Waals surface area (Å²) in [6.45, 7) is 3.30. The molecule has 1 atom stereocenters. The van der Waals surface area contributed by atoms with Crippen molar-refractivity contribution < 1.29 is 13.9 Å². The lowest BCUT2D eigenvalue weighted by atomic mass is 10.1. The van der Waals surface area contributed by atoms with Gasteiger partial charge in [-0.15, -0.1) is 0 Å². The Labute approximate surface area is 101 Å². The molecule has 1 fully saturated rings. The maximum atomic E-state index is 13.4. The Morgan fingerprint density at radius 1 is 1.53 bits per heavy atom. The van der Waals surface area contributed by atoms with E-state index >= 15 is 0 Å². The highest BCUT2D eigenvalue weighted by atomic mass is 19.1. The summed E-state index contributed by atoms with van der Waals surface area (Å²) in [4.78, 5) is 0. The van der Waals surface area contributed by atoms with E-state index in [4.69, 9.17) is 9.47 Å². The molecule has 94 valence electrons. The van der Waals surface area contributed by atoms with Gasteiger partial charge in [0, 0.05) is 19.7 Å². The van der Waals surface area contributed by atoms with Gasteiger partial charge >= 0.3 is 0 Å². The molecule has 0 saturated carbocycles. The molecule has 17 heavy (non-hydrogen) atoms. The van der Waals surface area contributed by atoms with Crippen LogP contribution in [0.5, 0.6) is 5.75 Å². The highest BCUT2D eigenvalue weighted by Crippen LogP contribution is 2.17. The summed E-state index contributed by atoms with van der Waals surface area (Å²) >= 11 is 0. The highest BCUT2D eigenvalue weighted by molar-refractivity contribution is 5.29. The van der Waals surface area contributed by atoms with Crippen molar-refractivity contribution in [2.75, 3.05) is 26.9 Å². The molecule has 0 radical (unpaired) electrons. The minimum Gasteiger partial charge on any atom is -0.494 e. The number of ether oxygens (including phenoxy) is 2. The molecule has 0 aromatic heterocycles. The van der Waals surface area contributed by atoms with Crippen molar-refractivity contribution >= 4 is 0 Å². The predicted octanol–water partition coefficient (Wildman–Crippen LogP) is 1.96. The van der Waals surface area contributed by atoms with Gasteiger partial charge in [0.25, 0.3) is 0 Å². The topological polar surface area (TPSA) is 30.5 Å². The van der Waals surface area contributed by atoms with Gasteiger partial charge in [-0.3, -0.25) is 0 Å². The van der Waals surface area contributed by atoms with Gasteiger partial charge in [-0.05, 0) is 30.0 Å². The summed E-state index contributed by atoms with van der Waals surface area (Å²) in [6, 6.07) is 5.04. The van der Waals surface area contributed by atoms with Crippen molar-refractivity contribution in [1.29, 1.82) is 0 Å². The number of methoxy groups -OCH3 is 1. The standard InChI is InChI=1S/C13H18FNO2/c1-16-13-3-2-10(6-12(13)14)7-15-8-11-4-5-17-9-11/h2-3,6,11,15H,4-5,7-9H2,1H3. The SMILES string of the molecule is COc1ccc(CNCC2CCOC2)cc1F. The molecule has 2 rings (SSSR count). The Morgan fingerprint density at radius 2 is 2.41 bits per heavy atom. The molecule has 1 aliphatic rings. The zero-order valence-electron chi connectivity index (χ0n) is 10.0. The van der Waals surface area contributed by atoms with Crippen molar-refractivity contribution in [2.24, 2.45) is 5.92 Å². The first kappa shape index (κ1) is 12.3. The third kappa shape index (κ3) is 3.41. The largest absolute Gasteiger partial charge is 0.494 e. The summed E-state index contributed by atoms with van der Waals surface area (Å²) in [5.41, 5.74) is 0.933. The molecular weight excluding hydrogens is 221 g/mol. The van der Waals surface area contributed by atoms with Crippen molar-refractivity contribution in [3.8, 4) is 5.75 Å². The molecule has 1 aromatic carbocycles. The molecule has 4 heteroatoms. The molecule has 1 aromatic rings. The van der Waals surface area contributed by atoms with E-state index in [0.29, 0.717) is 12.5 Å². The molecule has 0 spiro atoms. The normalized spacial score (nSPS) is 19.5. The zero-order valence-corrected chi connectivity index (χ0v) is 10.0. The fraction of sp³-hybridized carbons (Fsp3) is 0.538. The lowest BCUT2D eigenvalue weighted by Crippen LogP contribution is -2.22. The number of halogens is 1. The Kier molecular flexibility index (Phi) is 4.34. The molecule has 0 amide bonds. The first-order chi connectivity index (χ1) is 8.29. The van der Waals surface area contributed by atoms with E-state index in [0.717, 1.165) is 31.7 Å². The second-order valence-corrected chi connectivity index (χ2v) is 4.33. The van der Waals surface area contributed by atoms with Gasteiger partial charge in [-0.2, -0.15) is 0 Å². The maximum absolute atomic E-state index is 13.4. The Morgan fingerprint density at radius 3 is 3.06 bits per heavy atom. The van der Waals surface area contributed by atoms with Crippen LogP contribution in [0, 0.1) is 11.7 Å². The summed E-state index contributed by atoms with van der Waals surface area (Å²) < 4.78 is 23.6. The van der Waals surface area contributed by atoms with Crippen LogP contribution in [-0.4, -0.2) is 26.9 Å². The highest BCUT2D eigenvalue weighted by Gasteiger charge is 2.14. The van der Waals surface area contributed by atoms with Crippen molar-refractivity contribution in [3.63, 3.8) is 0 Å². The second kappa shape index (κ2) is 5.98. The van der Waals surface area contributed by atoms with Gasteiger partial charge in [0.15, 0.2) is 11.6 Å². The van der Waals surface area contributed by atoms with Crippen LogP contribution in [0.1, 0.15) is 12.0 Å². The van der Waals surface area contributed by atoms with Crippen LogP contribution in [-0.2, 0) is 11.3 Å². The van der Waals surface area contributed by atoms with Crippen molar-refractivity contribution in [1.82, 2.24) is 5.32 Å². The van der Waals surface area contributed by atoms with Gasteiger partial charge in [0.1, 0.15) is 0 Å². The fourth-order valence-electron chi connectivity index (χ4n) is 1.98. The minimum absolute atomic E-state index is 0.290. The van der Waals surface area contributed by atoms with Crippen LogP contribution in [0.25, 0.3) is 0 Å². The summed E-state index contributed by atoms with van der Waals surface area (Å²) in [6.07, 6.45) is 1.12. The van der Waals surface area contributed by atoms with Crippen LogP contribution in [0.15, 0.2) is 18.2 Å². The van der Waals surface area contributed by atoms with Crippen LogP contribution >= 0.6 is 0 Å². The van der Waals surface area contributed by atoms with E-state index < -0.39 is 0 Å². The number of nitrogens with one attached hydrogen (secondary N) is 1. The van der Waals surface area contributed by atoms with E-state index in [1.54, 1.807) is 6.07 Å². The lowest BCUT2D eigenvalue weighted by Gasteiger charge is -2.10. The molecule has 1 heterocycles. The van der Waals surface area contributed by atoms with E-state index in [9.17, 15) is 4.39 Å². The van der Waals surface area contributed by atoms with Gasteiger partial charge in [0.05, 0.1) is 13.7 Å². The number of rotatable bonds is 5. The van der Waals surface area contributed by atoms with Crippen LogP contribution in [0.2, 0.25) is 0 Å². The zero-order chi connectivity index (χ0) is 12.1. The van der Waals surface area contributed by atoms with Crippen LogP contribution in [0.4, 0.5) is 4.39 Å². The quantitative estimate of drug-likeness (QED) is 0.852. The maximum Gasteiger partial charge on any atom is 0.165 e. The first-order valence-electron chi connectivity index (χ1n) is 5.90. The Hall–Kier alpha value is -1.13. The first-order valence-corrected chi connectivity index (χ1v) is 5.90. The second-order valence-electron chi connectivity index (χ2n) is 4.33. The van der Waals surface area contributed by atoms with E-state index in [1.165, 1.54) is 13.2 Å². The number of hydrogen-bond acceptors (Lipinski definition) is 3. The molecule has 0 bridgehead atoms. The molecule has 3 nitrogen and oxygen atoms in total. The summed E-state index contributed by atoms with van der Waals surface area (Å²) in [5.74, 6) is 0.576. The molecule has 1 unspecified atom stereocenters. The number of benzene rings is 1. The predicted molar refractivity (Wildman–Crippen MR) is 63.6 cm³/mol. The van der Waals surface area contributed by atoms with Gasteiger partial charge < -0.3 is 14.8 Å². The lowest BCUT2D eigenvalue weighted by molar-refractivity contribution is 0.185. The van der Waals surface area contributed by atoms with E-state index in [-0.39, 0.29) is 11.6 Å². The molecule has 0 aliphatic carbocycles. The Balaban J connectivity index is 1.80. The molecule has 1 aliphatic heterocycles. The summed E-state index contributed by atoms with van der Waals surface area (Å²) in [5, 5.41) is 3.32. The average molecular weight is 239 g/mol. The minimum atomic E-state index is -0.309. The monoisotopic (exact) mass is 239 g/mol. The van der Waals surface area contributed by atoms with Crippen LogP contribution in [0.3, 0.4) is 0 Å².